The van der Waals surface area contributed by atoms with Crippen LogP contribution in [-0.4, -0.2) is 0 Å². The van der Waals surface area contributed by atoms with Gasteiger partial charge in [-0.05, 0) is 115 Å². The van der Waals surface area contributed by atoms with E-state index in [4.69, 9.17) is 13.0 Å². The number of hydrogen-bond donors (Lipinski definition) is 0. The minimum atomic E-state index is 0.426. The Kier molecular flexibility index (Phi) is 9.23. The summed E-state index contributed by atoms with van der Waals surface area (Å²) in [5.41, 5.74) is 10.9. The van der Waals surface area contributed by atoms with Crippen molar-refractivity contribution in [2.75, 3.05) is 0 Å². The summed E-state index contributed by atoms with van der Waals surface area (Å²) in [6.45, 7) is 9.35. The van der Waals surface area contributed by atoms with Crippen LogP contribution in [-0.2, 0) is 19.3 Å². The molecule has 0 aliphatic heterocycles. The minimum Gasteiger partial charge on any atom is -0.115 e. The molecule has 0 radical (unpaired) electrons. The third-order valence-corrected chi connectivity index (χ3v) is 9.24. The monoisotopic (exact) mass is 524 g/mol. The van der Waals surface area contributed by atoms with Gasteiger partial charge in [0.1, 0.15) is 0 Å². The van der Waals surface area contributed by atoms with Crippen LogP contribution in [0.4, 0.5) is 0 Å². The number of allylic oxidation sites excluding steroid dienone is 5. The fraction of sp³-hybridized carbons (Fsp3) is 0.350. The summed E-state index contributed by atoms with van der Waals surface area (Å²) in [4.78, 5) is 0. The van der Waals surface area contributed by atoms with Gasteiger partial charge in [-0.2, -0.15) is 0 Å². The van der Waals surface area contributed by atoms with E-state index in [9.17, 15) is 0 Å². The van der Waals surface area contributed by atoms with Crippen LogP contribution in [0.1, 0.15) is 85.3 Å². The summed E-state index contributed by atoms with van der Waals surface area (Å²) in [5, 5.41) is 0. The van der Waals surface area contributed by atoms with E-state index in [1.165, 1.54) is 64.6 Å². The second kappa shape index (κ2) is 13.2. The molecular formula is C40H44. The Morgan fingerprint density at radius 2 is 1.70 bits per heavy atom. The van der Waals surface area contributed by atoms with Gasteiger partial charge >= 0.3 is 0 Å². The Hall–Kier alpha value is -3.56. The lowest BCUT2D eigenvalue weighted by atomic mass is 9.68. The molecular weight excluding hydrogens is 480 g/mol. The molecule has 2 atom stereocenters. The molecule has 2 aliphatic carbocycles. The van der Waals surface area contributed by atoms with Gasteiger partial charge in [0.15, 0.2) is 0 Å². The van der Waals surface area contributed by atoms with Crippen LogP contribution in [0.3, 0.4) is 0 Å². The average Bonchev–Trinajstić information content (AvgIpc) is 3.44. The van der Waals surface area contributed by atoms with Gasteiger partial charge in [0, 0.05) is 11.5 Å². The summed E-state index contributed by atoms with van der Waals surface area (Å²) in [6, 6.07) is 26.8. The van der Waals surface area contributed by atoms with Crippen molar-refractivity contribution < 1.29 is 0 Å². The second-order valence-corrected chi connectivity index (χ2v) is 12.1. The SMILES string of the molecule is C#Cc1ccc(CC2CCC(C(C(=C)CCc3ccccc3)c3ccc(C4=CC(C)C=C4)cc3CC)CC2)cc1. The van der Waals surface area contributed by atoms with Gasteiger partial charge in [0.2, 0.25) is 0 Å². The molecule has 3 aromatic rings. The van der Waals surface area contributed by atoms with Crippen molar-refractivity contribution in [3.05, 3.63) is 137 Å². The summed E-state index contributed by atoms with van der Waals surface area (Å²) < 4.78 is 0. The summed E-state index contributed by atoms with van der Waals surface area (Å²) in [6.07, 6.45) is 22.0. The first kappa shape index (κ1) is 28.0. The zero-order chi connectivity index (χ0) is 27.9. The Bertz CT molecular complexity index is 1380. The van der Waals surface area contributed by atoms with Gasteiger partial charge in [-0.1, -0.05) is 111 Å². The first-order valence-electron chi connectivity index (χ1n) is 15.3. The zero-order valence-electron chi connectivity index (χ0n) is 24.4. The highest BCUT2D eigenvalue weighted by atomic mass is 14.4. The van der Waals surface area contributed by atoms with Crippen LogP contribution in [0.2, 0.25) is 0 Å². The molecule has 204 valence electrons. The van der Waals surface area contributed by atoms with Crippen molar-refractivity contribution in [1.82, 2.24) is 0 Å². The third kappa shape index (κ3) is 6.77. The quantitative estimate of drug-likeness (QED) is 0.183. The molecule has 0 amide bonds. The van der Waals surface area contributed by atoms with Crippen LogP contribution >= 0.6 is 0 Å². The fourth-order valence-corrected chi connectivity index (χ4v) is 6.95. The number of rotatable bonds is 10. The molecule has 1 saturated carbocycles. The third-order valence-electron chi connectivity index (χ3n) is 9.24. The second-order valence-electron chi connectivity index (χ2n) is 12.1. The lowest BCUT2D eigenvalue weighted by Gasteiger charge is -2.36. The van der Waals surface area contributed by atoms with Gasteiger partial charge in [-0.3, -0.25) is 0 Å². The molecule has 2 unspecified atom stereocenters. The number of benzene rings is 3. The topological polar surface area (TPSA) is 0 Å². The molecule has 0 heteroatoms. The van der Waals surface area contributed by atoms with Crippen LogP contribution in [0.25, 0.3) is 5.57 Å². The maximum absolute atomic E-state index is 5.56. The summed E-state index contributed by atoms with van der Waals surface area (Å²) >= 11 is 0. The van der Waals surface area contributed by atoms with Crippen LogP contribution in [0.5, 0.6) is 0 Å². The Morgan fingerprint density at radius 3 is 2.35 bits per heavy atom. The molecule has 0 aromatic heterocycles. The maximum Gasteiger partial charge on any atom is 0.0242 e. The smallest absolute Gasteiger partial charge is 0.0242 e. The van der Waals surface area contributed by atoms with Crippen molar-refractivity contribution >= 4 is 5.57 Å². The zero-order valence-corrected chi connectivity index (χ0v) is 24.4. The highest BCUT2D eigenvalue weighted by Crippen LogP contribution is 2.45. The molecule has 0 nitrogen and oxygen atoms in total. The van der Waals surface area contributed by atoms with E-state index in [1.54, 1.807) is 0 Å². The van der Waals surface area contributed by atoms with E-state index in [0.717, 1.165) is 37.2 Å². The highest BCUT2D eigenvalue weighted by molar-refractivity contribution is 5.77. The first-order valence-corrected chi connectivity index (χ1v) is 15.3. The molecule has 0 heterocycles. The van der Waals surface area contributed by atoms with E-state index in [1.807, 2.05) is 0 Å². The number of hydrogen-bond acceptors (Lipinski definition) is 0. The highest BCUT2D eigenvalue weighted by Gasteiger charge is 2.31. The van der Waals surface area contributed by atoms with E-state index in [2.05, 4.69) is 111 Å². The number of terminal acetylenes is 1. The summed E-state index contributed by atoms with van der Waals surface area (Å²) in [5.74, 6) is 5.10. The van der Waals surface area contributed by atoms with Crippen molar-refractivity contribution in [3.8, 4) is 12.3 Å². The van der Waals surface area contributed by atoms with Gasteiger partial charge in [0.05, 0.1) is 0 Å². The molecule has 3 aromatic carbocycles. The molecule has 2 aliphatic rings. The maximum atomic E-state index is 5.56. The Balaban J connectivity index is 1.35. The Morgan fingerprint density at radius 1 is 0.950 bits per heavy atom. The normalized spacial score (nSPS) is 21.0. The lowest BCUT2D eigenvalue weighted by Crippen LogP contribution is -2.24. The molecule has 40 heavy (non-hydrogen) atoms. The molecule has 0 saturated heterocycles. The first-order chi connectivity index (χ1) is 19.5. The van der Waals surface area contributed by atoms with Crippen LogP contribution < -0.4 is 0 Å². The van der Waals surface area contributed by atoms with Crippen molar-refractivity contribution in [3.63, 3.8) is 0 Å². The average molecular weight is 525 g/mol. The van der Waals surface area contributed by atoms with E-state index in [-0.39, 0.29) is 0 Å². The van der Waals surface area contributed by atoms with Gasteiger partial charge in [0.25, 0.3) is 0 Å². The Labute approximate surface area is 242 Å². The molecule has 1 fully saturated rings. The standard InChI is InChI=1S/C40H44/c1-5-31-15-17-33(18-16-31)27-34-19-22-36(23-20-34)40(30(4)13-14-32-10-8-7-9-11-32)39-25-24-38(28-35(39)6-2)37-21-12-29(3)26-37/h1,7-12,15-18,21,24-26,28-29,34,36,40H,4,6,13-14,19-20,22-23,27H2,2-3H3. The molecule has 0 spiro atoms. The minimum absolute atomic E-state index is 0.426. The van der Waals surface area contributed by atoms with Gasteiger partial charge in [-0.25, -0.2) is 0 Å². The molecule has 0 N–H and O–H groups in total. The predicted octanol–water partition coefficient (Wildman–Crippen LogP) is 10.1. The van der Waals surface area contributed by atoms with E-state index >= 15 is 0 Å². The van der Waals surface area contributed by atoms with Crippen molar-refractivity contribution in [2.45, 2.75) is 71.1 Å². The van der Waals surface area contributed by atoms with Gasteiger partial charge < -0.3 is 0 Å². The molecule has 0 bridgehead atoms. The van der Waals surface area contributed by atoms with Gasteiger partial charge in [-0.15, -0.1) is 6.42 Å². The largest absolute Gasteiger partial charge is 0.115 e. The van der Waals surface area contributed by atoms with E-state index in [0.29, 0.717) is 17.8 Å². The van der Waals surface area contributed by atoms with Crippen molar-refractivity contribution in [1.29, 1.82) is 0 Å². The summed E-state index contributed by atoms with van der Waals surface area (Å²) in [7, 11) is 0. The van der Waals surface area contributed by atoms with Crippen molar-refractivity contribution in [2.24, 2.45) is 17.8 Å². The fourth-order valence-electron chi connectivity index (χ4n) is 6.95. The van der Waals surface area contributed by atoms with Crippen LogP contribution in [0, 0.1) is 30.1 Å². The number of aryl methyl sites for hydroxylation is 2. The van der Waals surface area contributed by atoms with E-state index < -0.39 is 0 Å². The predicted molar refractivity (Wildman–Crippen MR) is 172 cm³/mol. The van der Waals surface area contributed by atoms with Crippen LogP contribution in [0.15, 0.2) is 103 Å². The molecule has 5 rings (SSSR count). The lowest BCUT2D eigenvalue weighted by molar-refractivity contribution is 0.251.